The van der Waals surface area contributed by atoms with Crippen molar-refractivity contribution in [1.82, 2.24) is 10.2 Å². The first-order valence-electron chi connectivity index (χ1n) is 16.0. The lowest BCUT2D eigenvalue weighted by molar-refractivity contribution is -0.140. The number of carbonyl (C=O) groups excluding carboxylic acids is 2. The maximum atomic E-state index is 14.6. The highest BCUT2D eigenvalue weighted by atomic mass is 35.5. The van der Waals surface area contributed by atoms with Gasteiger partial charge in [-0.3, -0.25) is 13.9 Å². The van der Waals surface area contributed by atoms with Crippen LogP contribution in [0, 0.1) is 6.92 Å². The van der Waals surface area contributed by atoms with E-state index in [2.05, 4.69) is 5.32 Å². The number of nitrogens with one attached hydrogen (secondary N) is 1. The normalized spacial score (nSPS) is 14.3. The Balaban J connectivity index is 1.59. The Hall–Kier alpha value is -4.35. The van der Waals surface area contributed by atoms with Gasteiger partial charge in [-0.15, -0.1) is 0 Å². The van der Waals surface area contributed by atoms with Crippen LogP contribution in [0.1, 0.15) is 47.9 Å². The number of benzene rings is 4. The topological polar surface area (TPSA) is 86.8 Å². The van der Waals surface area contributed by atoms with Gasteiger partial charge in [0.05, 0.1) is 16.1 Å². The molecule has 4 aromatic rings. The van der Waals surface area contributed by atoms with Crippen LogP contribution in [0.25, 0.3) is 0 Å². The second kappa shape index (κ2) is 15.5. The summed E-state index contributed by atoms with van der Waals surface area (Å²) in [5.41, 5.74) is 0.746. The maximum absolute atomic E-state index is 14.6. The van der Waals surface area contributed by atoms with Crippen molar-refractivity contribution in [1.29, 1.82) is 0 Å². The van der Waals surface area contributed by atoms with Crippen molar-refractivity contribution in [2.45, 2.75) is 68.7 Å². The number of aryl methyl sites for hydroxylation is 1. The summed E-state index contributed by atoms with van der Waals surface area (Å²) in [5.74, 6) is -1.17. The van der Waals surface area contributed by atoms with Gasteiger partial charge in [0, 0.05) is 24.0 Å². The summed E-state index contributed by atoms with van der Waals surface area (Å²) in [6.45, 7) is 0.808. The van der Waals surface area contributed by atoms with Crippen molar-refractivity contribution < 1.29 is 31.2 Å². The van der Waals surface area contributed by atoms with Crippen LogP contribution >= 0.6 is 11.6 Å². The summed E-state index contributed by atoms with van der Waals surface area (Å²) in [6, 6.07) is 24.3. The second-order valence-electron chi connectivity index (χ2n) is 12.2. The zero-order chi connectivity index (χ0) is 35.2. The number of rotatable bonds is 12. The number of amides is 2. The van der Waals surface area contributed by atoms with E-state index < -0.39 is 46.2 Å². The van der Waals surface area contributed by atoms with Crippen LogP contribution in [-0.4, -0.2) is 43.8 Å². The average Bonchev–Trinajstić information content (AvgIpc) is 3.59. The van der Waals surface area contributed by atoms with Crippen LogP contribution in [0.15, 0.2) is 108 Å². The molecule has 258 valence electrons. The average molecular weight is 712 g/mol. The summed E-state index contributed by atoms with van der Waals surface area (Å²) in [6.07, 6.45) is -1.12. The van der Waals surface area contributed by atoms with Gasteiger partial charge in [-0.2, -0.15) is 13.2 Å². The largest absolute Gasteiger partial charge is 0.416 e. The molecule has 1 atom stereocenters. The molecule has 7 nitrogen and oxygen atoms in total. The van der Waals surface area contributed by atoms with Crippen molar-refractivity contribution >= 4 is 39.1 Å². The smallest absolute Gasteiger partial charge is 0.352 e. The number of hydrogen-bond donors (Lipinski definition) is 1. The first kappa shape index (κ1) is 35.9. The molecule has 0 aliphatic heterocycles. The molecule has 0 unspecified atom stereocenters. The van der Waals surface area contributed by atoms with Crippen molar-refractivity contribution in [3.8, 4) is 0 Å². The van der Waals surface area contributed by atoms with E-state index in [0.717, 1.165) is 48.9 Å². The third-order valence-electron chi connectivity index (χ3n) is 8.59. The Morgan fingerprint density at radius 3 is 2.16 bits per heavy atom. The molecular weight excluding hydrogens is 675 g/mol. The van der Waals surface area contributed by atoms with Gasteiger partial charge in [-0.1, -0.05) is 90.7 Å². The minimum absolute atomic E-state index is 0.0678. The van der Waals surface area contributed by atoms with Gasteiger partial charge in [-0.05, 0) is 73.4 Å². The van der Waals surface area contributed by atoms with E-state index in [-0.39, 0.29) is 29.6 Å². The zero-order valence-corrected chi connectivity index (χ0v) is 28.4. The molecule has 0 heterocycles. The van der Waals surface area contributed by atoms with Gasteiger partial charge in [0.15, 0.2) is 0 Å². The lowest BCUT2D eigenvalue weighted by Crippen LogP contribution is -2.54. The van der Waals surface area contributed by atoms with Gasteiger partial charge >= 0.3 is 6.18 Å². The van der Waals surface area contributed by atoms with Crippen LogP contribution in [0.2, 0.25) is 5.02 Å². The van der Waals surface area contributed by atoms with Gasteiger partial charge in [0.2, 0.25) is 11.8 Å². The van der Waals surface area contributed by atoms with Crippen LogP contribution in [0.4, 0.5) is 18.9 Å². The Labute approximate surface area is 289 Å². The quantitative estimate of drug-likeness (QED) is 0.164. The van der Waals surface area contributed by atoms with Gasteiger partial charge in [-0.25, -0.2) is 8.42 Å². The number of hydrogen-bond acceptors (Lipinski definition) is 4. The molecule has 12 heteroatoms. The maximum Gasteiger partial charge on any atom is 0.416 e. The number of alkyl halides is 3. The van der Waals surface area contributed by atoms with Crippen LogP contribution in [0.3, 0.4) is 0 Å². The highest BCUT2D eigenvalue weighted by Crippen LogP contribution is 2.33. The molecular formula is C37H37ClF3N3O4S. The summed E-state index contributed by atoms with van der Waals surface area (Å²) in [4.78, 5) is 29.8. The Bertz CT molecular complexity index is 1850. The molecule has 0 aromatic heterocycles. The Morgan fingerprint density at radius 2 is 1.53 bits per heavy atom. The number of halogens is 4. The molecule has 4 aromatic carbocycles. The van der Waals surface area contributed by atoms with E-state index in [0.29, 0.717) is 21.0 Å². The molecule has 5 rings (SSSR count). The summed E-state index contributed by atoms with van der Waals surface area (Å²) in [5, 5.41) is 3.55. The molecule has 0 saturated heterocycles. The molecule has 0 bridgehead atoms. The molecule has 0 spiro atoms. The van der Waals surface area contributed by atoms with E-state index in [9.17, 15) is 31.2 Å². The fourth-order valence-corrected chi connectivity index (χ4v) is 7.44. The second-order valence-corrected chi connectivity index (χ2v) is 14.5. The standard InChI is InChI=1S/C37H37ClF3N3O4S/c1-26-14-20-33(21-15-26)49(47,48)44(32-13-7-10-29(23-32)37(39,40)41)25-35(45)43(24-28-16-18-30(38)19-17-28)34(22-27-8-3-2-4-9-27)36(46)42-31-11-5-6-12-31/h2-4,7-10,13-21,23,31,34H,5-6,11-12,22,24-25H2,1H3,(H,42,46)/t34-/m0/s1. The highest BCUT2D eigenvalue weighted by Gasteiger charge is 2.37. The molecule has 1 saturated carbocycles. The molecule has 1 aliphatic rings. The molecule has 49 heavy (non-hydrogen) atoms. The summed E-state index contributed by atoms with van der Waals surface area (Å²) >= 11 is 6.13. The summed E-state index contributed by atoms with van der Waals surface area (Å²) in [7, 11) is -4.56. The fourth-order valence-electron chi connectivity index (χ4n) is 5.91. The number of sulfonamides is 1. The van der Waals surface area contributed by atoms with Crippen LogP contribution in [0.5, 0.6) is 0 Å². The third kappa shape index (κ3) is 9.21. The number of nitrogens with zero attached hydrogens (tertiary/aromatic N) is 2. The zero-order valence-electron chi connectivity index (χ0n) is 26.9. The van der Waals surface area contributed by atoms with E-state index in [1.807, 2.05) is 30.3 Å². The monoisotopic (exact) mass is 711 g/mol. The minimum atomic E-state index is -4.76. The predicted octanol–water partition coefficient (Wildman–Crippen LogP) is 7.56. The fraction of sp³-hybridized carbons (Fsp3) is 0.297. The van der Waals surface area contributed by atoms with Crippen molar-refractivity contribution in [2.75, 3.05) is 10.8 Å². The van der Waals surface area contributed by atoms with Gasteiger partial charge in [0.25, 0.3) is 10.0 Å². The lowest BCUT2D eigenvalue weighted by atomic mass is 10.0. The third-order valence-corrected chi connectivity index (χ3v) is 10.6. The highest BCUT2D eigenvalue weighted by molar-refractivity contribution is 7.92. The van der Waals surface area contributed by atoms with E-state index in [1.165, 1.54) is 23.1 Å². The predicted molar refractivity (Wildman–Crippen MR) is 183 cm³/mol. The molecule has 1 fully saturated rings. The van der Waals surface area contributed by atoms with Crippen molar-refractivity contribution in [3.05, 3.63) is 130 Å². The molecule has 2 amide bonds. The summed E-state index contributed by atoms with van der Waals surface area (Å²) < 4.78 is 70.5. The SMILES string of the molecule is Cc1ccc(S(=O)(=O)N(CC(=O)N(Cc2ccc(Cl)cc2)[C@@H](Cc2ccccc2)C(=O)NC2CCCC2)c2cccc(C(F)(F)F)c2)cc1. The van der Waals surface area contributed by atoms with E-state index >= 15 is 0 Å². The first-order valence-corrected chi connectivity index (χ1v) is 17.8. The minimum Gasteiger partial charge on any atom is -0.352 e. The van der Waals surface area contributed by atoms with Crippen molar-refractivity contribution in [3.63, 3.8) is 0 Å². The Morgan fingerprint density at radius 1 is 0.878 bits per heavy atom. The van der Waals surface area contributed by atoms with E-state index in [1.54, 1.807) is 43.3 Å². The molecule has 0 radical (unpaired) electrons. The Kier molecular flexibility index (Phi) is 11.3. The number of anilines is 1. The van der Waals surface area contributed by atoms with Gasteiger partial charge < -0.3 is 10.2 Å². The lowest BCUT2D eigenvalue weighted by Gasteiger charge is -2.34. The van der Waals surface area contributed by atoms with E-state index in [4.69, 9.17) is 11.6 Å². The first-order chi connectivity index (χ1) is 23.3. The van der Waals surface area contributed by atoms with Crippen molar-refractivity contribution in [2.24, 2.45) is 0 Å². The van der Waals surface area contributed by atoms with Crippen LogP contribution in [-0.2, 0) is 38.8 Å². The van der Waals surface area contributed by atoms with Gasteiger partial charge in [0.1, 0.15) is 12.6 Å². The van der Waals surface area contributed by atoms with Crippen LogP contribution < -0.4 is 9.62 Å². The molecule has 1 aliphatic carbocycles. The number of carbonyl (C=O) groups is 2. The molecule has 1 N–H and O–H groups in total.